The molecule has 1 aromatic heterocycles. The lowest BCUT2D eigenvalue weighted by Crippen LogP contribution is -2.10. The van der Waals surface area contributed by atoms with E-state index in [1.54, 1.807) is 12.1 Å². The second kappa shape index (κ2) is 9.15. The summed E-state index contributed by atoms with van der Waals surface area (Å²) in [6.07, 6.45) is 0.738. The predicted molar refractivity (Wildman–Crippen MR) is 125 cm³/mol. The van der Waals surface area contributed by atoms with Crippen LogP contribution in [0.2, 0.25) is 0 Å². The van der Waals surface area contributed by atoms with E-state index in [0.29, 0.717) is 22.5 Å². The number of aromatic nitrogens is 1. The molecule has 0 amide bonds. The van der Waals surface area contributed by atoms with Crippen molar-refractivity contribution in [3.63, 3.8) is 0 Å². The van der Waals surface area contributed by atoms with Crippen LogP contribution in [0.3, 0.4) is 0 Å². The Morgan fingerprint density at radius 2 is 1.56 bits per heavy atom. The summed E-state index contributed by atoms with van der Waals surface area (Å²) in [7, 11) is 0. The van der Waals surface area contributed by atoms with Gasteiger partial charge in [0.15, 0.2) is 0 Å². The zero-order valence-electron chi connectivity index (χ0n) is 18.0. The number of benzene rings is 3. The van der Waals surface area contributed by atoms with Crippen molar-refractivity contribution in [2.24, 2.45) is 0 Å². The molecule has 3 aromatic carbocycles. The number of nitrogens with zero attached hydrogens (tertiary/aromatic N) is 1. The third-order valence-corrected chi connectivity index (χ3v) is 5.49. The average molecular weight is 426 g/mol. The number of halogens is 1. The highest BCUT2D eigenvalue weighted by atomic mass is 19.1. The molecule has 0 atom stereocenters. The van der Waals surface area contributed by atoms with Crippen LogP contribution >= 0.6 is 0 Å². The van der Waals surface area contributed by atoms with Gasteiger partial charge in [-0.05, 0) is 47.2 Å². The fourth-order valence-corrected chi connectivity index (χ4v) is 3.94. The molecular formula is C28H24FNO2. The molecule has 32 heavy (non-hydrogen) atoms. The number of carbonyl (C=O) groups is 1. The average Bonchev–Trinajstić information content (AvgIpc) is 2.79. The zero-order valence-corrected chi connectivity index (χ0v) is 18.0. The molecule has 0 saturated carbocycles. The van der Waals surface area contributed by atoms with Gasteiger partial charge in [-0.2, -0.15) is 0 Å². The van der Waals surface area contributed by atoms with Crippen molar-refractivity contribution in [2.45, 2.75) is 26.2 Å². The van der Waals surface area contributed by atoms with Crippen LogP contribution in [0.25, 0.3) is 22.4 Å². The van der Waals surface area contributed by atoms with Gasteiger partial charge in [0.1, 0.15) is 5.82 Å². The largest absolute Gasteiger partial charge is 0.478 e. The lowest BCUT2D eigenvalue weighted by molar-refractivity contribution is 0.0695. The first-order chi connectivity index (χ1) is 15.4. The molecule has 1 heterocycles. The summed E-state index contributed by atoms with van der Waals surface area (Å²) in [5.41, 5.74) is 5.83. The van der Waals surface area contributed by atoms with Gasteiger partial charge in [-0.3, -0.25) is 4.98 Å². The Hall–Kier alpha value is -3.79. The molecule has 4 heteroatoms. The first-order valence-electron chi connectivity index (χ1n) is 10.6. The van der Waals surface area contributed by atoms with Crippen LogP contribution < -0.4 is 0 Å². The smallest absolute Gasteiger partial charge is 0.338 e. The standard InChI is InChI=1S/C28H24FNO2/c1-18(2)27-26(28(31)32)24(20-12-14-22(29)15-13-20)17-25(30-27)23-11-7-6-10-21(23)16-19-8-4-3-5-9-19/h3-15,17-18H,16H2,1-2H3,(H,31,32). The number of hydrogen-bond acceptors (Lipinski definition) is 2. The molecule has 4 rings (SSSR count). The number of aromatic carboxylic acids is 1. The van der Waals surface area contributed by atoms with Crippen molar-refractivity contribution in [1.82, 2.24) is 4.98 Å². The highest BCUT2D eigenvalue weighted by Gasteiger charge is 2.23. The predicted octanol–water partition coefficient (Wildman–Crippen LogP) is 6.97. The summed E-state index contributed by atoms with van der Waals surface area (Å²) in [5, 5.41) is 10.0. The number of carboxylic acids is 1. The van der Waals surface area contributed by atoms with Gasteiger partial charge in [0.05, 0.1) is 17.0 Å². The van der Waals surface area contributed by atoms with Crippen LogP contribution in [0.5, 0.6) is 0 Å². The van der Waals surface area contributed by atoms with Gasteiger partial charge in [-0.1, -0.05) is 80.6 Å². The quantitative estimate of drug-likeness (QED) is 0.363. The van der Waals surface area contributed by atoms with Crippen LogP contribution in [0.15, 0.2) is 84.9 Å². The number of pyridine rings is 1. The molecule has 0 aliphatic rings. The van der Waals surface area contributed by atoms with Crippen LogP contribution in [0, 0.1) is 5.82 Å². The Balaban J connectivity index is 1.93. The van der Waals surface area contributed by atoms with Crippen LogP contribution in [0.4, 0.5) is 4.39 Å². The second-order valence-corrected chi connectivity index (χ2v) is 8.10. The fourth-order valence-electron chi connectivity index (χ4n) is 3.94. The highest BCUT2D eigenvalue weighted by Crippen LogP contribution is 2.35. The van der Waals surface area contributed by atoms with E-state index in [-0.39, 0.29) is 17.3 Å². The Morgan fingerprint density at radius 1 is 0.906 bits per heavy atom. The van der Waals surface area contributed by atoms with E-state index in [0.717, 1.165) is 17.5 Å². The van der Waals surface area contributed by atoms with Crippen LogP contribution in [-0.2, 0) is 6.42 Å². The minimum atomic E-state index is -1.04. The van der Waals surface area contributed by atoms with Gasteiger partial charge in [-0.25, -0.2) is 9.18 Å². The summed E-state index contributed by atoms with van der Waals surface area (Å²) < 4.78 is 13.5. The van der Waals surface area contributed by atoms with E-state index in [1.165, 1.54) is 17.7 Å². The van der Waals surface area contributed by atoms with E-state index in [1.807, 2.05) is 56.3 Å². The van der Waals surface area contributed by atoms with Gasteiger partial charge >= 0.3 is 5.97 Å². The summed E-state index contributed by atoms with van der Waals surface area (Å²) >= 11 is 0. The van der Waals surface area contributed by atoms with Crippen molar-refractivity contribution >= 4 is 5.97 Å². The SMILES string of the molecule is CC(C)c1nc(-c2ccccc2Cc2ccccc2)cc(-c2ccc(F)cc2)c1C(=O)O. The lowest BCUT2D eigenvalue weighted by atomic mass is 9.91. The summed E-state index contributed by atoms with van der Waals surface area (Å²) in [5.74, 6) is -1.50. The van der Waals surface area contributed by atoms with E-state index in [2.05, 4.69) is 18.2 Å². The molecule has 1 N–H and O–H groups in total. The first kappa shape index (κ1) is 21.4. The molecule has 4 aromatic rings. The van der Waals surface area contributed by atoms with Crippen LogP contribution in [-0.4, -0.2) is 16.1 Å². The lowest BCUT2D eigenvalue weighted by Gasteiger charge is -2.18. The van der Waals surface area contributed by atoms with E-state index in [4.69, 9.17) is 4.98 Å². The Morgan fingerprint density at radius 3 is 2.22 bits per heavy atom. The number of hydrogen-bond donors (Lipinski definition) is 1. The molecule has 0 bridgehead atoms. The molecule has 0 radical (unpaired) electrons. The second-order valence-electron chi connectivity index (χ2n) is 8.10. The van der Waals surface area contributed by atoms with Gasteiger partial charge in [0.25, 0.3) is 0 Å². The summed E-state index contributed by atoms with van der Waals surface area (Å²) in [4.78, 5) is 17.0. The number of rotatable bonds is 6. The van der Waals surface area contributed by atoms with Gasteiger partial charge in [-0.15, -0.1) is 0 Å². The third-order valence-electron chi connectivity index (χ3n) is 5.49. The van der Waals surface area contributed by atoms with Crippen molar-refractivity contribution in [1.29, 1.82) is 0 Å². The van der Waals surface area contributed by atoms with Gasteiger partial charge in [0.2, 0.25) is 0 Å². The maximum absolute atomic E-state index is 13.5. The van der Waals surface area contributed by atoms with Crippen molar-refractivity contribution < 1.29 is 14.3 Å². The normalized spacial score (nSPS) is 11.0. The molecule has 0 aliphatic carbocycles. The highest BCUT2D eigenvalue weighted by molar-refractivity contribution is 5.98. The Labute approximate surface area is 187 Å². The molecule has 0 fully saturated rings. The number of carboxylic acid groups (broad SMARTS) is 1. The summed E-state index contributed by atoms with van der Waals surface area (Å²) in [6.45, 7) is 3.87. The first-order valence-corrected chi connectivity index (χ1v) is 10.6. The molecule has 0 aliphatic heterocycles. The Kier molecular flexibility index (Phi) is 6.13. The fraction of sp³-hybridized carbons (Fsp3) is 0.143. The van der Waals surface area contributed by atoms with E-state index >= 15 is 0 Å². The topological polar surface area (TPSA) is 50.2 Å². The maximum Gasteiger partial charge on any atom is 0.338 e. The van der Waals surface area contributed by atoms with Crippen molar-refractivity contribution in [3.8, 4) is 22.4 Å². The van der Waals surface area contributed by atoms with Crippen molar-refractivity contribution in [2.75, 3.05) is 0 Å². The molecule has 3 nitrogen and oxygen atoms in total. The minimum Gasteiger partial charge on any atom is -0.478 e. The van der Waals surface area contributed by atoms with Gasteiger partial charge < -0.3 is 5.11 Å². The third kappa shape index (κ3) is 4.45. The maximum atomic E-state index is 13.5. The monoisotopic (exact) mass is 425 g/mol. The van der Waals surface area contributed by atoms with E-state index in [9.17, 15) is 14.3 Å². The zero-order chi connectivity index (χ0) is 22.7. The van der Waals surface area contributed by atoms with Crippen molar-refractivity contribution in [3.05, 3.63) is 113 Å². The molecule has 0 spiro atoms. The molecule has 160 valence electrons. The molecule has 0 unspecified atom stereocenters. The molecule has 0 saturated heterocycles. The van der Waals surface area contributed by atoms with E-state index < -0.39 is 5.97 Å². The Bertz CT molecular complexity index is 1250. The summed E-state index contributed by atoms with van der Waals surface area (Å²) in [6, 6.07) is 26.0. The molecular weight excluding hydrogens is 401 g/mol. The van der Waals surface area contributed by atoms with Crippen LogP contribution in [0.1, 0.15) is 46.9 Å². The minimum absolute atomic E-state index is 0.0958. The van der Waals surface area contributed by atoms with Gasteiger partial charge in [0, 0.05) is 11.1 Å².